The SMILES string of the molecule is Cc1cc(C(=O)COC(=O)c2cccc([N+](=O)[O-])c2)c(C)n1Cc1ccco1. The molecule has 2 aromatic heterocycles. The summed E-state index contributed by atoms with van der Waals surface area (Å²) < 4.78 is 12.3. The first kappa shape index (κ1) is 19.1. The van der Waals surface area contributed by atoms with Gasteiger partial charge in [-0.2, -0.15) is 0 Å². The molecule has 8 nitrogen and oxygen atoms in total. The van der Waals surface area contributed by atoms with Crippen LogP contribution in [0.1, 0.15) is 37.9 Å². The number of nitro benzene ring substituents is 1. The number of nitrogens with zero attached hydrogens (tertiary/aromatic N) is 2. The van der Waals surface area contributed by atoms with E-state index in [-0.39, 0.29) is 17.0 Å². The molecule has 3 aromatic rings. The second kappa shape index (κ2) is 7.91. The molecule has 0 aliphatic rings. The maximum Gasteiger partial charge on any atom is 0.338 e. The Morgan fingerprint density at radius 3 is 2.64 bits per heavy atom. The molecule has 0 fully saturated rings. The van der Waals surface area contributed by atoms with Gasteiger partial charge in [0.25, 0.3) is 5.69 Å². The second-order valence-electron chi connectivity index (χ2n) is 6.26. The third kappa shape index (κ3) is 4.01. The predicted molar refractivity (Wildman–Crippen MR) is 99.4 cm³/mol. The fourth-order valence-corrected chi connectivity index (χ4v) is 2.92. The summed E-state index contributed by atoms with van der Waals surface area (Å²) >= 11 is 0. The number of aryl methyl sites for hydroxylation is 1. The van der Waals surface area contributed by atoms with E-state index in [4.69, 9.17) is 9.15 Å². The molecule has 0 saturated carbocycles. The molecule has 0 N–H and O–H groups in total. The molecule has 144 valence electrons. The first-order valence-corrected chi connectivity index (χ1v) is 8.50. The zero-order chi connectivity index (χ0) is 20.3. The van der Waals surface area contributed by atoms with E-state index in [1.165, 1.54) is 18.2 Å². The molecule has 8 heteroatoms. The minimum Gasteiger partial charge on any atom is -0.467 e. The normalized spacial score (nSPS) is 10.6. The molecule has 0 atom stereocenters. The van der Waals surface area contributed by atoms with Crippen LogP contribution in [0, 0.1) is 24.0 Å². The summed E-state index contributed by atoms with van der Waals surface area (Å²) in [5.74, 6) is -0.378. The number of carbonyl (C=O) groups excluding carboxylic acids is 2. The predicted octanol–water partition coefficient (Wildman–Crippen LogP) is 3.69. The lowest BCUT2D eigenvalue weighted by atomic mass is 10.1. The number of ether oxygens (including phenoxy) is 1. The molecule has 0 aliphatic carbocycles. The van der Waals surface area contributed by atoms with Crippen LogP contribution in [0.25, 0.3) is 0 Å². The topological polar surface area (TPSA) is 105 Å². The van der Waals surface area contributed by atoms with Crippen molar-refractivity contribution in [1.29, 1.82) is 0 Å². The number of non-ortho nitro benzene ring substituents is 1. The molecule has 0 amide bonds. The largest absolute Gasteiger partial charge is 0.467 e. The molecule has 0 unspecified atom stereocenters. The molecule has 3 rings (SSSR count). The lowest BCUT2D eigenvalue weighted by Gasteiger charge is -2.08. The molecule has 0 radical (unpaired) electrons. The van der Waals surface area contributed by atoms with Gasteiger partial charge in [0.05, 0.1) is 23.3 Å². The Bertz CT molecular complexity index is 1030. The van der Waals surface area contributed by atoms with Gasteiger partial charge in [0.1, 0.15) is 5.76 Å². The monoisotopic (exact) mass is 382 g/mol. The molecular formula is C20H18N2O6. The lowest BCUT2D eigenvalue weighted by Crippen LogP contribution is -2.15. The highest BCUT2D eigenvalue weighted by Crippen LogP contribution is 2.19. The second-order valence-corrected chi connectivity index (χ2v) is 6.26. The van der Waals surface area contributed by atoms with E-state index in [2.05, 4.69) is 0 Å². The molecule has 2 heterocycles. The highest BCUT2D eigenvalue weighted by atomic mass is 16.6. The van der Waals surface area contributed by atoms with Gasteiger partial charge in [0.2, 0.25) is 5.78 Å². The third-order valence-corrected chi connectivity index (χ3v) is 4.40. The molecule has 1 aromatic carbocycles. The summed E-state index contributed by atoms with van der Waals surface area (Å²) in [5.41, 5.74) is 1.87. The van der Waals surface area contributed by atoms with E-state index < -0.39 is 17.5 Å². The lowest BCUT2D eigenvalue weighted by molar-refractivity contribution is -0.384. The van der Waals surface area contributed by atoms with Crippen molar-refractivity contribution < 1.29 is 23.7 Å². The van der Waals surface area contributed by atoms with Crippen molar-refractivity contribution in [3.63, 3.8) is 0 Å². The Kier molecular flexibility index (Phi) is 5.39. The minimum atomic E-state index is -0.790. The first-order valence-electron chi connectivity index (χ1n) is 8.50. The van der Waals surface area contributed by atoms with Crippen LogP contribution in [0.3, 0.4) is 0 Å². The van der Waals surface area contributed by atoms with E-state index >= 15 is 0 Å². The molecule has 0 bridgehead atoms. The zero-order valence-electron chi connectivity index (χ0n) is 15.4. The number of ketones is 1. The Labute approximate surface area is 160 Å². The smallest absolute Gasteiger partial charge is 0.338 e. The van der Waals surface area contributed by atoms with Gasteiger partial charge in [-0.25, -0.2) is 4.79 Å². The number of benzene rings is 1. The van der Waals surface area contributed by atoms with Crippen LogP contribution in [-0.2, 0) is 11.3 Å². The van der Waals surface area contributed by atoms with Crippen LogP contribution in [0.4, 0.5) is 5.69 Å². The summed E-state index contributed by atoms with van der Waals surface area (Å²) in [4.78, 5) is 34.8. The van der Waals surface area contributed by atoms with Gasteiger partial charge in [-0.15, -0.1) is 0 Å². The van der Waals surface area contributed by atoms with Crippen molar-refractivity contribution in [2.75, 3.05) is 6.61 Å². The Morgan fingerprint density at radius 2 is 1.96 bits per heavy atom. The van der Waals surface area contributed by atoms with E-state index in [0.29, 0.717) is 12.1 Å². The Balaban J connectivity index is 1.69. The number of furan rings is 1. The minimum absolute atomic E-state index is 0.0188. The third-order valence-electron chi connectivity index (χ3n) is 4.40. The average Bonchev–Trinajstić information content (AvgIpc) is 3.29. The number of hydrogen-bond donors (Lipinski definition) is 0. The number of aromatic nitrogens is 1. The average molecular weight is 382 g/mol. The first-order chi connectivity index (χ1) is 13.4. The van der Waals surface area contributed by atoms with Crippen molar-refractivity contribution >= 4 is 17.4 Å². The van der Waals surface area contributed by atoms with E-state index in [1.807, 2.05) is 24.5 Å². The van der Waals surface area contributed by atoms with Gasteiger partial charge in [-0.1, -0.05) is 6.07 Å². The number of carbonyl (C=O) groups is 2. The van der Waals surface area contributed by atoms with Gasteiger partial charge in [0.15, 0.2) is 6.61 Å². The number of rotatable bonds is 7. The summed E-state index contributed by atoms with van der Waals surface area (Å²) in [5, 5.41) is 10.8. The fraction of sp³-hybridized carbons (Fsp3) is 0.200. The van der Waals surface area contributed by atoms with Crippen LogP contribution in [0.2, 0.25) is 0 Å². The van der Waals surface area contributed by atoms with Crippen LogP contribution >= 0.6 is 0 Å². The van der Waals surface area contributed by atoms with Gasteiger partial charge >= 0.3 is 5.97 Å². The molecule has 28 heavy (non-hydrogen) atoms. The molecule has 0 spiro atoms. The summed E-state index contributed by atoms with van der Waals surface area (Å²) in [6.07, 6.45) is 1.59. The van der Waals surface area contributed by atoms with Crippen molar-refractivity contribution in [3.05, 3.63) is 87.1 Å². The molecular weight excluding hydrogens is 364 g/mol. The summed E-state index contributed by atoms with van der Waals surface area (Å²) in [7, 11) is 0. The van der Waals surface area contributed by atoms with Gasteiger partial charge in [0, 0.05) is 29.1 Å². The number of Topliss-reactive ketones (excluding diaryl/α,β-unsaturated/α-hetero) is 1. The Hall–Kier alpha value is -3.68. The van der Waals surface area contributed by atoms with Crippen molar-refractivity contribution in [2.24, 2.45) is 0 Å². The zero-order valence-corrected chi connectivity index (χ0v) is 15.4. The standard InChI is InChI=1S/C20H18N2O6/c1-13-9-18(14(2)21(13)11-17-7-4-8-27-17)19(23)12-28-20(24)15-5-3-6-16(10-15)22(25)26/h3-10H,11-12H2,1-2H3. The highest BCUT2D eigenvalue weighted by molar-refractivity contribution is 6.00. The highest BCUT2D eigenvalue weighted by Gasteiger charge is 2.19. The van der Waals surface area contributed by atoms with E-state index in [0.717, 1.165) is 23.2 Å². The van der Waals surface area contributed by atoms with Crippen molar-refractivity contribution in [2.45, 2.75) is 20.4 Å². The maximum absolute atomic E-state index is 12.5. The van der Waals surface area contributed by atoms with Crippen LogP contribution in [0.15, 0.2) is 53.1 Å². The molecule has 0 aliphatic heterocycles. The number of hydrogen-bond acceptors (Lipinski definition) is 6. The van der Waals surface area contributed by atoms with Gasteiger partial charge in [-0.05, 0) is 38.1 Å². The van der Waals surface area contributed by atoms with E-state index in [1.54, 1.807) is 18.4 Å². The van der Waals surface area contributed by atoms with Crippen LogP contribution < -0.4 is 0 Å². The van der Waals surface area contributed by atoms with Crippen LogP contribution in [-0.4, -0.2) is 27.8 Å². The Morgan fingerprint density at radius 1 is 1.18 bits per heavy atom. The van der Waals surface area contributed by atoms with Gasteiger partial charge in [-0.3, -0.25) is 14.9 Å². The van der Waals surface area contributed by atoms with Gasteiger partial charge < -0.3 is 13.7 Å². The number of esters is 1. The van der Waals surface area contributed by atoms with Crippen LogP contribution in [0.5, 0.6) is 0 Å². The van der Waals surface area contributed by atoms with Crippen molar-refractivity contribution in [3.8, 4) is 0 Å². The van der Waals surface area contributed by atoms with Crippen molar-refractivity contribution in [1.82, 2.24) is 4.57 Å². The number of nitro groups is 1. The molecule has 0 saturated heterocycles. The maximum atomic E-state index is 12.5. The quantitative estimate of drug-likeness (QED) is 0.267. The van der Waals surface area contributed by atoms with E-state index in [9.17, 15) is 19.7 Å². The summed E-state index contributed by atoms with van der Waals surface area (Å²) in [6.45, 7) is 3.73. The summed E-state index contributed by atoms with van der Waals surface area (Å²) in [6, 6.07) is 10.6. The fourth-order valence-electron chi connectivity index (χ4n) is 2.92.